The number of phenolic OH excluding ortho intramolecular Hbond substituents is 1. The number of amides is 1. The predicted molar refractivity (Wildman–Crippen MR) is 101 cm³/mol. The van der Waals surface area contributed by atoms with Gasteiger partial charge >= 0.3 is 0 Å². The lowest BCUT2D eigenvalue weighted by atomic mass is 10.1. The number of aromatic amines is 1. The van der Waals surface area contributed by atoms with E-state index in [0.29, 0.717) is 11.5 Å². The van der Waals surface area contributed by atoms with Gasteiger partial charge in [-0.2, -0.15) is 10.2 Å². The van der Waals surface area contributed by atoms with E-state index in [9.17, 15) is 9.90 Å². The molecule has 0 fully saturated rings. The molecule has 2 heterocycles. The third-order valence-electron chi connectivity index (χ3n) is 3.74. The number of nitrogens with zero attached hydrogens (tertiary/aromatic N) is 2. The Morgan fingerprint density at radius 3 is 2.81 bits per heavy atom. The highest BCUT2D eigenvalue weighted by atomic mass is 32.1. The first-order valence-corrected chi connectivity index (χ1v) is 8.64. The van der Waals surface area contributed by atoms with E-state index < -0.39 is 5.91 Å². The Kier molecular flexibility index (Phi) is 5.04. The van der Waals surface area contributed by atoms with Crippen molar-refractivity contribution >= 4 is 23.0 Å². The molecule has 1 amide bonds. The number of benzene rings is 1. The number of aromatic hydroxyl groups is 1. The molecule has 1 aromatic carbocycles. The Balaban J connectivity index is 1.72. The molecule has 8 heteroatoms. The summed E-state index contributed by atoms with van der Waals surface area (Å²) in [6, 6.07) is 10.5. The Morgan fingerprint density at radius 1 is 1.31 bits per heavy atom. The van der Waals surface area contributed by atoms with Crippen LogP contribution >= 0.6 is 11.3 Å². The zero-order valence-corrected chi connectivity index (χ0v) is 15.3. The van der Waals surface area contributed by atoms with Gasteiger partial charge in [0.15, 0.2) is 17.2 Å². The number of methoxy groups -OCH3 is 1. The number of ether oxygens (including phenoxy) is 1. The number of nitrogens with one attached hydrogen (secondary N) is 2. The molecule has 0 spiro atoms. The second-order valence-corrected chi connectivity index (χ2v) is 6.89. The minimum atomic E-state index is -0.411. The van der Waals surface area contributed by atoms with Gasteiger partial charge in [-0.05, 0) is 50.2 Å². The summed E-state index contributed by atoms with van der Waals surface area (Å²) in [4.78, 5) is 14.4. The molecule has 0 atom stereocenters. The zero-order chi connectivity index (χ0) is 18.7. The van der Waals surface area contributed by atoms with E-state index in [2.05, 4.69) is 20.7 Å². The molecule has 0 bridgehead atoms. The van der Waals surface area contributed by atoms with E-state index in [0.717, 1.165) is 16.1 Å². The number of hydrogen-bond acceptors (Lipinski definition) is 6. The molecule has 0 saturated carbocycles. The molecule has 0 aliphatic rings. The van der Waals surface area contributed by atoms with Gasteiger partial charge in [-0.1, -0.05) is 0 Å². The Hall–Kier alpha value is -3.13. The van der Waals surface area contributed by atoms with Crippen LogP contribution in [0.1, 0.15) is 27.9 Å². The molecular formula is C18H18N4O3S. The fourth-order valence-corrected chi connectivity index (χ4v) is 3.14. The van der Waals surface area contributed by atoms with Crippen LogP contribution in [0.3, 0.4) is 0 Å². The number of carbonyl (C=O) groups excluding carboxylic acids is 1. The van der Waals surface area contributed by atoms with Crippen molar-refractivity contribution in [2.75, 3.05) is 7.11 Å². The number of thiophene rings is 1. The largest absolute Gasteiger partial charge is 0.504 e. The molecule has 3 aromatic rings. The van der Waals surface area contributed by atoms with Crippen molar-refractivity contribution in [1.82, 2.24) is 15.6 Å². The van der Waals surface area contributed by atoms with Gasteiger partial charge in [0.2, 0.25) is 0 Å². The monoisotopic (exact) mass is 370 g/mol. The third-order valence-corrected chi connectivity index (χ3v) is 4.77. The van der Waals surface area contributed by atoms with Crippen molar-refractivity contribution < 1.29 is 14.6 Å². The average molecular weight is 370 g/mol. The number of aryl methyl sites for hydroxylation is 1. The predicted octanol–water partition coefficient (Wildman–Crippen LogP) is 3.31. The highest BCUT2D eigenvalue weighted by molar-refractivity contribution is 7.15. The average Bonchev–Trinajstić information content (AvgIpc) is 3.28. The van der Waals surface area contributed by atoms with Crippen molar-refractivity contribution in [2.45, 2.75) is 13.8 Å². The second kappa shape index (κ2) is 7.40. The van der Waals surface area contributed by atoms with Crippen LogP contribution in [0.15, 0.2) is 41.5 Å². The van der Waals surface area contributed by atoms with Crippen LogP contribution in [-0.4, -0.2) is 34.0 Å². The fourth-order valence-electron chi connectivity index (χ4n) is 2.30. The molecule has 0 aliphatic heterocycles. The van der Waals surface area contributed by atoms with Crippen LogP contribution in [0.5, 0.6) is 11.5 Å². The zero-order valence-electron chi connectivity index (χ0n) is 14.5. The first kappa shape index (κ1) is 17.7. The van der Waals surface area contributed by atoms with Crippen molar-refractivity contribution in [3.8, 4) is 22.1 Å². The highest BCUT2D eigenvalue weighted by Crippen LogP contribution is 2.27. The van der Waals surface area contributed by atoms with Gasteiger partial charge in [-0.3, -0.25) is 9.89 Å². The lowest BCUT2D eigenvalue weighted by molar-refractivity contribution is 0.0950. The Morgan fingerprint density at radius 2 is 2.12 bits per heavy atom. The minimum Gasteiger partial charge on any atom is -0.504 e. The summed E-state index contributed by atoms with van der Waals surface area (Å²) in [5.41, 5.74) is 4.82. The maximum absolute atomic E-state index is 12.2. The van der Waals surface area contributed by atoms with Gasteiger partial charge in [0, 0.05) is 10.4 Å². The number of phenols is 1. The van der Waals surface area contributed by atoms with E-state index in [1.165, 1.54) is 18.1 Å². The van der Waals surface area contributed by atoms with Gasteiger partial charge in [-0.15, -0.1) is 11.3 Å². The van der Waals surface area contributed by atoms with Gasteiger partial charge in [0.05, 0.1) is 23.4 Å². The summed E-state index contributed by atoms with van der Waals surface area (Å²) in [7, 11) is 1.47. The van der Waals surface area contributed by atoms with E-state index in [1.54, 1.807) is 36.5 Å². The summed E-state index contributed by atoms with van der Waals surface area (Å²) >= 11 is 1.62. The van der Waals surface area contributed by atoms with E-state index in [1.807, 2.05) is 19.1 Å². The van der Waals surface area contributed by atoms with E-state index in [-0.39, 0.29) is 11.4 Å². The van der Waals surface area contributed by atoms with Crippen molar-refractivity contribution in [3.63, 3.8) is 0 Å². The number of rotatable bonds is 5. The van der Waals surface area contributed by atoms with E-state index in [4.69, 9.17) is 4.74 Å². The van der Waals surface area contributed by atoms with Crippen molar-refractivity contribution in [3.05, 3.63) is 52.5 Å². The van der Waals surface area contributed by atoms with Crippen molar-refractivity contribution in [2.24, 2.45) is 5.10 Å². The topological polar surface area (TPSA) is 99.6 Å². The van der Waals surface area contributed by atoms with Crippen LogP contribution in [0.4, 0.5) is 0 Å². The van der Waals surface area contributed by atoms with Crippen molar-refractivity contribution in [1.29, 1.82) is 0 Å². The van der Waals surface area contributed by atoms with Gasteiger partial charge < -0.3 is 9.84 Å². The summed E-state index contributed by atoms with van der Waals surface area (Å²) in [5.74, 6) is -0.0293. The quantitative estimate of drug-likeness (QED) is 0.474. The first-order valence-electron chi connectivity index (χ1n) is 7.82. The lowest BCUT2D eigenvalue weighted by Gasteiger charge is -2.06. The normalized spacial score (nSPS) is 11.4. The van der Waals surface area contributed by atoms with E-state index >= 15 is 0 Å². The summed E-state index contributed by atoms with van der Waals surface area (Å²) in [5, 5.41) is 20.6. The molecule has 0 unspecified atom stereocenters. The maximum Gasteiger partial charge on any atom is 0.291 e. The molecule has 26 heavy (non-hydrogen) atoms. The molecule has 0 saturated heterocycles. The SMILES string of the molecule is COc1cc(/C(C)=N/NC(=O)c2cc(-c3ccc(C)s3)[nH]n2)ccc1O. The van der Waals surface area contributed by atoms with Gasteiger partial charge in [-0.25, -0.2) is 5.43 Å². The molecule has 2 aromatic heterocycles. The molecule has 134 valence electrons. The molecular weight excluding hydrogens is 352 g/mol. The number of aromatic nitrogens is 2. The Bertz CT molecular complexity index is 974. The summed E-state index contributed by atoms with van der Waals surface area (Å²) < 4.78 is 5.07. The van der Waals surface area contributed by atoms with Crippen LogP contribution in [-0.2, 0) is 0 Å². The van der Waals surface area contributed by atoms with Crippen LogP contribution in [0.2, 0.25) is 0 Å². The lowest BCUT2D eigenvalue weighted by Crippen LogP contribution is -2.19. The standard InChI is InChI=1S/C18H18N4O3S/c1-10-4-7-17(26-10)13-9-14(21-20-13)18(24)22-19-11(2)12-5-6-15(23)16(8-12)25-3/h4-9,23H,1-3H3,(H,20,21)(H,22,24)/b19-11+. The second-order valence-electron chi connectivity index (χ2n) is 5.60. The first-order chi connectivity index (χ1) is 12.5. The molecule has 7 nitrogen and oxygen atoms in total. The highest BCUT2D eigenvalue weighted by Gasteiger charge is 2.12. The van der Waals surface area contributed by atoms with Gasteiger partial charge in [0.25, 0.3) is 5.91 Å². The molecule has 3 rings (SSSR count). The van der Waals surface area contributed by atoms with Crippen LogP contribution in [0.25, 0.3) is 10.6 Å². The third kappa shape index (κ3) is 3.75. The molecule has 0 radical (unpaired) electrons. The summed E-state index contributed by atoms with van der Waals surface area (Å²) in [6.45, 7) is 3.77. The smallest absolute Gasteiger partial charge is 0.291 e. The van der Waals surface area contributed by atoms with Gasteiger partial charge in [0.1, 0.15) is 0 Å². The fraction of sp³-hybridized carbons (Fsp3) is 0.167. The molecule has 0 aliphatic carbocycles. The summed E-state index contributed by atoms with van der Waals surface area (Å²) in [6.07, 6.45) is 0. The number of carbonyl (C=O) groups is 1. The minimum absolute atomic E-state index is 0.0425. The molecule has 3 N–H and O–H groups in total. The Labute approximate surface area is 154 Å². The van der Waals surface area contributed by atoms with Crippen LogP contribution < -0.4 is 10.2 Å². The number of hydrazone groups is 1. The number of H-pyrrole nitrogens is 1. The van der Waals surface area contributed by atoms with Crippen LogP contribution in [0, 0.1) is 6.92 Å². The maximum atomic E-state index is 12.2. The number of hydrogen-bond donors (Lipinski definition) is 3.